The number of β-amino-alcohol motifs (C(OH)–C–C–N with tert-alkyl or cyclic N) is 1. The van der Waals surface area contributed by atoms with E-state index in [2.05, 4.69) is 0 Å². The van der Waals surface area contributed by atoms with Gasteiger partial charge >= 0.3 is 5.97 Å². The van der Waals surface area contributed by atoms with Crippen LogP contribution < -0.4 is 0 Å². The maximum atomic E-state index is 12.4. The van der Waals surface area contributed by atoms with E-state index in [0.717, 1.165) is 10.7 Å². The van der Waals surface area contributed by atoms with Crippen LogP contribution in [-0.2, 0) is 10.0 Å². The van der Waals surface area contributed by atoms with Crippen molar-refractivity contribution < 1.29 is 23.4 Å². The third-order valence-electron chi connectivity index (χ3n) is 3.39. The summed E-state index contributed by atoms with van der Waals surface area (Å²) in [4.78, 5) is 10.9. The van der Waals surface area contributed by atoms with E-state index in [0.29, 0.717) is 6.42 Å². The van der Waals surface area contributed by atoms with E-state index >= 15 is 0 Å². The van der Waals surface area contributed by atoms with Crippen LogP contribution in [0.5, 0.6) is 0 Å². The number of aliphatic hydroxyl groups is 1. The summed E-state index contributed by atoms with van der Waals surface area (Å²) < 4.78 is 25.9. The Hall–Kier alpha value is -1.44. The van der Waals surface area contributed by atoms with Gasteiger partial charge in [-0.3, -0.25) is 0 Å². The molecule has 7 heteroatoms. The van der Waals surface area contributed by atoms with Gasteiger partial charge in [0, 0.05) is 13.1 Å². The molecule has 1 aromatic carbocycles. The fourth-order valence-corrected chi connectivity index (χ4v) is 4.19. The maximum Gasteiger partial charge on any atom is 0.337 e. The second-order valence-corrected chi connectivity index (χ2v) is 6.96. The topological polar surface area (TPSA) is 94.9 Å². The molecule has 0 atom stereocenters. The van der Waals surface area contributed by atoms with Crippen molar-refractivity contribution >= 4 is 16.0 Å². The lowest BCUT2D eigenvalue weighted by molar-refractivity contribution is -0.0653. The number of benzene rings is 1. The normalized spacial score (nSPS) is 18.5. The molecule has 6 nitrogen and oxygen atoms in total. The molecule has 0 spiro atoms. The molecule has 110 valence electrons. The minimum Gasteiger partial charge on any atom is -0.478 e. The summed E-state index contributed by atoms with van der Waals surface area (Å²) in [5.41, 5.74) is -1.24. The minimum absolute atomic E-state index is 0.0110. The second-order valence-electron chi connectivity index (χ2n) is 5.05. The van der Waals surface area contributed by atoms with E-state index in [1.165, 1.54) is 24.3 Å². The maximum absolute atomic E-state index is 12.4. The van der Waals surface area contributed by atoms with Gasteiger partial charge in [-0.15, -0.1) is 0 Å². The lowest BCUT2D eigenvalue weighted by Gasteiger charge is -2.45. The van der Waals surface area contributed by atoms with Crippen molar-refractivity contribution in [2.75, 3.05) is 13.1 Å². The molecule has 0 amide bonds. The van der Waals surface area contributed by atoms with Crippen LogP contribution in [0.15, 0.2) is 29.2 Å². The van der Waals surface area contributed by atoms with Gasteiger partial charge in [0.2, 0.25) is 10.0 Å². The Morgan fingerprint density at radius 2 is 1.95 bits per heavy atom. The average molecular weight is 299 g/mol. The van der Waals surface area contributed by atoms with Crippen molar-refractivity contribution in [3.8, 4) is 0 Å². The van der Waals surface area contributed by atoms with Gasteiger partial charge in [0.25, 0.3) is 0 Å². The first kappa shape index (κ1) is 15.0. The zero-order valence-electron chi connectivity index (χ0n) is 11.1. The Balaban J connectivity index is 2.28. The number of carboxylic acids is 1. The largest absolute Gasteiger partial charge is 0.478 e. The zero-order valence-corrected chi connectivity index (χ0v) is 11.9. The van der Waals surface area contributed by atoms with Crippen LogP contribution >= 0.6 is 0 Å². The van der Waals surface area contributed by atoms with Crippen LogP contribution in [0.1, 0.15) is 30.1 Å². The summed E-state index contributed by atoms with van der Waals surface area (Å²) in [5, 5.41) is 19.1. The molecule has 0 radical (unpaired) electrons. The lowest BCUT2D eigenvalue weighted by atomic mass is 9.92. The highest BCUT2D eigenvalue weighted by molar-refractivity contribution is 7.89. The highest BCUT2D eigenvalue weighted by atomic mass is 32.2. The van der Waals surface area contributed by atoms with Crippen molar-refractivity contribution in [3.05, 3.63) is 29.8 Å². The van der Waals surface area contributed by atoms with Crippen LogP contribution in [0.3, 0.4) is 0 Å². The van der Waals surface area contributed by atoms with E-state index < -0.39 is 21.6 Å². The van der Waals surface area contributed by atoms with Gasteiger partial charge in [-0.2, -0.15) is 4.31 Å². The summed E-state index contributed by atoms with van der Waals surface area (Å²) in [6, 6.07) is 5.49. The fourth-order valence-electron chi connectivity index (χ4n) is 2.41. The van der Waals surface area contributed by atoms with Gasteiger partial charge in [-0.1, -0.05) is 25.5 Å². The van der Waals surface area contributed by atoms with Crippen LogP contribution in [0.4, 0.5) is 0 Å². The Kier molecular flexibility index (Phi) is 3.86. The Bertz CT molecular complexity index is 619. The fraction of sp³-hybridized carbons (Fsp3) is 0.462. The number of nitrogens with zero attached hydrogens (tertiary/aromatic N) is 1. The molecule has 2 rings (SSSR count). The molecule has 0 saturated carbocycles. The van der Waals surface area contributed by atoms with Crippen molar-refractivity contribution in [1.29, 1.82) is 0 Å². The van der Waals surface area contributed by atoms with Crippen molar-refractivity contribution in [2.24, 2.45) is 0 Å². The quantitative estimate of drug-likeness (QED) is 0.843. The number of sulfonamides is 1. The van der Waals surface area contributed by atoms with E-state index in [1.807, 2.05) is 6.92 Å². The molecule has 0 unspecified atom stereocenters. The first-order valence-corrected chi connectivity index (χ1v) is 7.79. The van der Waals surface area contributed by atoms with Gasteiger partial charge in [-0.05, 0) is 18.6 Å². The smallest absolute Gasteiger partial charge is 0.337 e. The van der Waals surface area contributed by atoms with Gasteiger partial charge in [-0.25, -0.2) is 13.2 Å². The number of rotatable bonds is 5. The number of aromatic carboxylic acids is 1. The molecule has 20 heavy (non-hydrogen) atoms. The summed E-state index contributed by atoms with van der Waals surface area (Å²) in [5.74, 6) is -1.28. The molecule has 1 aliphatic heterocycles. The highest BCUT2D eigenvalue weighted by Gasteiger charge is 2.47. The van der Waals surface area contributed by atoms with Gasteiger partial charge in [0.15, 0.2) is 0 Å². The van der Waals surface area contributed by atoms with Crippen molar-refractivity contribution in [1.82, 2.24) is 4.31 Å². The van der Waals surface area contributed by atoms with Crippen LogP contribution in [0.25, 0.3) is 0 Å². The Labute approximate surface area is 117 Å². The van der Waals surface area contributed by atoms with Gasteiger partial charge in [0.05, 0.1) is 16.1 Å². The Morgan fingerprint density at radius 1 is 1.35 bits per heavy atom. The third-order valence-corrected chi connectivity index (χ3v) is 5.24. The predicted octanol–water partition coefficient (Wildman–Crippen LogP) is 0.920. The molecule has 1 heterocycles. The number of carbonyl (C=O) groups is 1. The highest BCUT2D eigenvalue weighted by Crippen LogP contribution is 2.32. The molecule has 0 aliphatic carbocycles. The van der Waals surface area contributed by atoms with Gasteiger partial charge < -0.3 is 10.2 Å². The molecule has 1 aromatic rings. The SMILES string of the molecule is CCCC1(O)CN(S(=O)(=O)c2ccccc2C(=O)O)C1. The number of hydrogen-bond donors (Lipinski definition) is 2. The molecule has 1 saturated heterocycles. The predicted molar refractivity (Wildman–Crippen MR) is 72.0 cm³/mol. The lowest BCUT2D eigenvalue weighted by Crippen LogP contribution is -2.63. The first-order valence-electron chi connectivity index (χ1n) is 6.35. The second kappa shape index (κ2) is 5.16. The number of carboxylic acid groups (broad SMARTS) is 1. The molecule has 0 bridgehead atoms. The van der Waals surface area contributed by atoms with Crippen LogP contribution in [-0.4, -0.2) is 47.6 Å². The van der Waals surface area contributed by atoms with Crippen molar-refractivity contribution in [3.63, 3.8) is 0 Å². The molecule has 2 N–H and O–H groups in total. The third kappa shape index (κ3) is 2.56. The van der Waals surface area contributed by atoms with E-state index in [-0.39, 0.29) is 23.5 Å². The summed E-state index contributed by atoms with van der Waals surface area (Å²) in [6.07, 6.45) is 1.29. The Morgan fingerprint density at radius 3 is 2.50 bits per heavy atom. The van der Waals surface area contributed by atoms with Gasteiger partial charge in [0.1, 0.15) is 0 Å². The summed E-state index contributed by atoms with van der Waals surface area (Å²) in [7, 11) is -3.87. The van der Waals surface area contributed by atoms with Crippen LogP contribution in [0.2, 0.25) is 0 Å². The molecule has 1 fully saturated rings. The van der Waals surface area contributed by atoms with E-state index in [9.17, 15) is 18.3 Å². The van der Waals surface area contributed by atoms with Crippen molar-refractivity contribution in [2.45, 2.75) is 30.3 Å². The number of hydrogen-bond acceptors (Lipinski definition) is 4. The average Bonchev–Trinajstić information content (AvgIpc) is 2.36. The first-order chi connectivity index (χ1) is 9.30. The monoisotopic (exact) mass is 299 g/mol. The summed E-state index contributed by atoms with van der Waals surface area (Å²) >= 11 is 0. The molecular weight excluding hydrogens is 282 g/mol. The molecule has 1 aliphatic rings. The minimum atomic E-state index is -3.87. The van der Waals surface area contributed by atoms with E-state index in [4.69, 9.17) is 5.11 Å². The molecular formula is C13H17NO5S. The zero-order chi connectivity index (χ0) is 15.0. The van der Waals surface area contributed by atoms with Crippen LogP contribution in [0, 0.1) is 0 Å². The van der Waals surface area contributed by atoms with E-state index in [1.54, 1.807) is 0 Å². The summed E-state index contributed by atoms with van der Waals surface area (Å²) in [6.45, 7) is 1.93. The molecule has 0 aromatic heterocycles. The standard InChI is InChI=1S/C13H17NO5S/c1-2-7-13(17)8-14(9-13)20(18,19)11-6-4-3-5-10(11)12(15)16/h3-6,17H,2,7-9H2,1H3,(H,15,16).